The fourth-order valence-corrected chi connectivity index (χ4v) is 5.76. The van der Waals surface area contributed by atoms with Crippen LogP contribution in [0.3, 0.4) is 0 Å². The number of fused-ring (bicyclic) bond motifs is 3. The number of aryl methyl sites for hydroxylation is 1. The first-order chi connectivity index (χ1) is 15.1. The number of nitrogens with zero attached hydrogens (tertiary/aromatic N) is 3. The number of nitrogens with one attached hydrogen (secondary N) is 1. The highest BCUT2D eigenvalue weighted by Crippen LogP contribution is 2.42. The van der Waals surface area contributed by atoms with Crippen molar-refractivity contribution in [2.75, 3.05) is 26.7 Å². The summed E-state index contributed by atoms with van der Waals surface area (Å²) in [4.78, 5) is 15.7. The Kier molecular flexibility index (Phi) is 5.54. The lowest BCUT2D eigenvalue weighted by molar-refractivity contribution is 0.0280. The quantitative estimate of drug-likeness (QED) is 0.639. The van der Waals surface area contributed by atoms with Crippen molar-refractivity contribution in [3.63, 3.8) is 0 Å². The van der Waals surface area contributed by atoms with Crippen LogP contribution in [0.1, 0.15) is 34.1 Å². The van der Waals surface area contributed by atoms with Gasteiger partial charge in [0.1, 0.15) is 5.75 Å². The molecule has 0 radical (unpaired) electrons. The van der Waals surface area contributed by atoms with Crippen LogP contribution in [0.2, 0.25) is 0 Å². The van der Waals surface area contributed by atoms with Crippen molar-refractivity contribution in [1.29, 1.82) is 0 Å². The number of amides is 1. The van der Waals surface area contributed by atoms with Gasteiger partial charge < -0.3 is 10.1 Å². The van der Waals surface area contributed by atoms with Crippen LogP contribution in [0.5, 0.6) is 5.75 Å². The van der Waals surface area contributed by atoms with Crippen LogP contribution in [-0.2, 0) is 7.05 Å². The Bertz CT molecular complexity index is 1040. The summed E-state index contributed by atoms with van der Waals surface area (Å²) in [5, 5.41) is 9.89. The van der Waals surface area contributed by atoms with Crippen LogP contribution >= 0.6 is 11.3 Å². The molecule has 3 fully saturated rings. The standard InChI is InChI=1S/C24H28N4O2S/c1-27-22(13-21(26-27)16-5-7-19(30-2)8-6-16)20-15-28-10-9-17(20)12-18(28)14-25-24(29)23-4-3-11-31-23/h3-8,11,13,17-18,20H,9-10,12,14-15H2,1-2H3,(H,25,29). The number of benzene rings is 1. The average molecular weight is 437 g/mol. The van der Waals surface area contributed by atoms with Crippen LogP contribution in [-0.4, -0.2) is 53.4 Å². The highest BCUT2D eigenvalue weighted by atomic mass is 32.1. The van der Waals surface area contributed by atoms with E-state index in [0.29, 0.717) is 17.9 Å². The fourth-order valence-electron chi connectivity index (χ4n) is 5.12. The Morgan fingerprint density at radius 3 is 2.81 bits per heavy atom. The molecule has 7 heteroatoms. The minimum Gasteiger partial charge on any atom is -0.497 e. The van der Waals surface area contributed by atoms with Crippen molar-refractivity contribution >= 4 is 17.2 Å². The Morgan fingerprint density at radius 2 is 2.13 bits per heavy atom. The first-order valence-electron chi connectivity index (χ1n) is 10.9. The van der Waals surface area contributed by atoms with Gasteiger partial charge >= 0.3 is 0 Å². The van der Waals surface area contributed by atoms with E-state index in [1.807, 2.05) is 29.6 Å². The molecule has 1 amide bonds. The molecule has 4 atom stereocenters. The molecule has 1 N–H and O–H groups in total. The Morgan fingerprint density at radius 1 is 1.29 bits per heavy atom. The first-order valence-corrected chi connectivity index (χ1v) is 11.7. The molecule has 5 heterocycles. The van der Waals surface area contributed by atoms with Gasteiger partial charge in [-0.25, -0.2) is 0 Å². The number of thiophene rings is 1. The van der Waals surface area contributed by atoms with Gasteiger partial charge in [-0.15, -0.1) is 11.3 Å². The predicted octanol–water partition coefficient (Wildman–Crippen LogP) is 3.77. The summed E-state index contributed by atoms with van der Waals surface area (Å²) in [6.45, 7) is 2.87. The topological polar surface area (TPSA) is 59.4 Å². The zero-order chi connectivity index (χ0) is 21.4. The van der Waals surface area contributed by atoms with Crippen molar-refractivity contribution < 1.29 is 9.53 Å². The first kappa shape index (κ1) is 20.3. The third-order valence-electron chi connectivity index (χ3n) is 6.80. The van der Waals surface area contributed by atoms with E-state index in [1.54, 1.807) is 7.11 Å². The number of rotatable bonds is 6. The monoisotopic (exact) mass is 436 g/mol. The van der Waals surface area contributed by atoms with Gasteiger partial charge in [-0.05, 0) is 67.1 Å². The van der Waals surface area contributed by atoms with E-state index in [2.05, 4.69) is 40.1 Å². The van der Waals surface area contributed by atoms with E-state index >= 15 is 0 Å². The lowest BCUT2D eigenvalue weighted by Crippen LogP contribution is -2.56. The molecule has 6 nitrogen and oxygen atoms in total. The molecule has 4 unspecified atom stereocenters. The molecule has 0 aliphatic carbocycles. The van der Waals surface area contributed by atoms with Crippen LogP contribution in [0.15, 0.2) is 47.8 Å². The van der Waals surface area contributed by atoms with Gasteiger partial charge in [0.05, 0.1) is 17.7 Å². The van der Waals surface area contributed by atoms with E-state index in [4.69, 9.17) is 9.84 Å². The third-order valence-corrected chi connectivity index (χ3v) is 7.67. The second-order valence-electron chi connectivity index (χ2n) is 8.53. The summed E-state index contributed by atoms with van der Waals surface area (Å²) < 4.78 is 7.33. The van der Waals surface area contributed by atoms with Gasteiger partial charge in [-0.1, -0.05) is 6.07 Å². The number of carbonyl (C=O) groups excluding carboxylic acids is 1. The van der Waals surface area contributed by atoms with E-state index in [-0.39, 0.29) is 5.91 Å². The highest BCUT2D eigenvalue weighted by molar-refractivity contribution is 7.12. The van der Waals surface area contributed by atoms with Gasteiger partial charge in [-0.3, -0.25) is 14.4 Å². The molecular formula is C24H28N4O2S. The molecule has 3 saturated heterocycles. The minimum atomic E-state index is 0.0463. The SMILES string of the molecule is COc1ccc(-c2cc(C3CN4CCC3CC4CNC(=O)c3cccs3)n(C)n2)cc1. The van der Waals surface area contributed by atoms with E-state index < -0.39 is 0 Å². The lowest BCUT2D eigenvalue weighted by Gasteiger charge is -2.49. The number of carbonyl (C=O) groups is 1. The molecule has 3 aliphatic rings. The summed E-state index contributed by atoms with van der Waals surface area (Å²) in [5.41, 5.74) is 3.43. The highest BCUT2D eigenvalue weighted by Gasteiger charge is 2.41. The van der Waals surface area contributed by atoms with E-state index in [0.717, 1.165) is 47.9 Å². The lowest BCUT2D eigenvalue weighted by atomic mass is 9.74. The Balaban J connectivity index is 1.26. The molecule has 1 aromatic carbocycles. The molecule has 6 rings (SSSR count). The second kappa shape index (κ2) is 8.48. The van der Waals surface area contributed by atoms with Crippen molar-refractivity contribution in [3.8, 4) is 17.0 Å². The summed E-state index contributed by atoms with van der Waals surface area (Å²) in [6.07, 6.45) is 2.33. The second-order valence-corrected chi connectivity index (χ2v) is 9.48. The molecule has 2 bridgehead atoms. The largest absolute Gasteiger partial charge is 0.497 e. The zero-order valence-electron chi connectivity index (χ0n) is 18.0. The van der Waals surface area contributed by atoms with E-state index in [1.165, 1.54) is 23.5 Å². The summed E-state index contributed by atoms with van der Waals surface area (Å²) >= 11 is 1.49. The van der Waals surface area contributed by atoms with Gasteiger partial charge in [0.15, 0.2) is 0 Å². The summed E-state index contributed by atoms with van der Waals surface area (Å²) in [5.74, 6) is 2.02. The normalized spacial score (nSPS) is 24.8. The Labute approximate surface area is 186 Å². The molecule has 31 heavy (non-hydrogen) atoms. The van der Waals surface area contributed by atoms with Crippen LogP contribution in [0.4, 0.5) is 0 Å². The molecule has 0 saturated carbocycles. The number of piperidine rings is 3. The van der Waals surface area contributed by atoms with Crippen molar-refractivity contribution in [3.05, 3.63) is 58.4 Å². The number of methoxy groups -OCH3 is 1. The van der Waals surface area contributed by atoms with Crippen LogP contribution in [0, 0.1) is 5.92 Å². The number of hydrogen-bond acceptors (Lipinski definition) is 5. The molecule has 3 aliphatic heterocycles. The number of aromatic nitrogens is 2. The molecule has 162 valence electrons. The molecular weight excluding hydrogens is 408 g/mol. The zero-order valence-corrected chi connectivity index (χ0v) is 18.8. The number of hydrogen-bond donors (Lipinski definition) is 1. The van der Waals surface area contributed by atoms with Crippen LogP contribution in [0.25, 0.3) is 11.3 Å². The maximum absolute atomic E-state index is 12.3. The van der Waals surface area contributed by atoms with E-state index in [9.17, 15) is 4.79 Å². The predicted molar refractivity (Wildman–Crippen MR) is 123 cm³/mol. The maximum atomic E-state index is 12.3. The summed E-state index contributed by atoms with van der Waals surface area (Å²) in [6, 6.07) is 14.6. The van der Waals surface area contributed by atoms with Crippen molar-refractivity contribution in [1.82, 2.24) is 20.0 Å². The average Bonchev–Trinajstić information content (AvgIpc) is 3.48. The Hall–Kier alpha value is -2.64. The van der Waals surface area contributed by atoms with Gasteiger partial charge in [0.2, 0.25) is 0 Å². The van der Waals surface area contributed by atoms with Gasteiger partial charge in [0, 0.05) is 43.4 Å². The third kappa shape index (κ3) is 4.00. The summed E-state index contributed by atoms with van der Waals surface area (Å²) in [7, 11) is 3.74. The van der Waals surface area contributed by atoms with Crippen molar-refractivity contribution in [2.45, 2.75) is 24.8 Å². The molecule has 2 aromatic heterocycles. The smallest absolute Gasteiger partial charge is 0.261 e. The molecule has 0 spiro atoms. The minimum absolute atomic E-state index is 0.0463. The van der Waals surface area contributed by atoms with Crippen LogP contribution < -0.4 is 10.1 Å². The van der Waals surface area contributed by atoms with Gasteiger partial charge in [-0.2, -0.15) is 5.10 Å². The van der Waals surface area contributed by atoms with Gasteiger partial charge in [0.25, 0.3) is 5.91 Å². The molecule has 3 aromatic rings. The number of ether oxygens (including phenoxy) is 1. The fraction of sp³-hybridized carbons (Fsp3) is 0.417. The van der Waals surface area contributed by atoms with Crippen molar-refractivity contribution in [2.24, 2.45) is 13.0 Å². The maximum Gasteiger partial charge on any atom is 0.261 e.